The third-order valence-electron chi connectivity index (χ3n) is 3.52. The number of benzene rings is 2. The fraction of sp³-hybridized carbons (Fsp3) is 0.125. The van der Waals surface area contributed by atoms with E-state index in [0.29, 0.717) is 16.3 Å². The number of halogens is 1. The molecule has 1 heterocycles. The highest BCUT2D eigenvalue weighted by Gasteiger charge is 2.41. The van der Waals surface area contributed by atoms with Crippen molar-refractivity contribution in [2.75, 3.05) is 12.0 Å². The Hall–Kier alpha value is -2.73. The van der Waals surface area contributed by atoms with Crippen molar-refractivity contribution in [3.05, 3.63) is 53.1 Å². The third kappa shape index (κ3) is 2.68. The molecule has 2 aromatic carbocycles. The van der Waals surface area contributed by atoms with Crippen LogP contribution in [0.5, 0.6) is 11.5 Å². The molecule has 2 aromatic rings. The molecule has 1 saturated heterocycles. The van der Waals surface area contributed by atoms with Gasteiger partial charge in [0.15, 0.2) is 0 Å². The van der Waals surface area contributed by atoms with Crippen LogP contribution < -0.4 is 15.0 Å². The third-order valence-corrected chi connectivity index (χ3v) is 3.76. The molecule has 0 unspecified atom stereocenters. The number of rotatable bonds is 3. The second-order valence-electron chi connectivity index (χ2n) is 4.97. The molecule has 1 aliphatic rings. The van der Waals surface area contributed by atoms with E-state index in [-0.39, 0.29) is 11.4 Å². The summed E-state index contributed by atoms with van der Waals surface area (Å²) in [6.45, 7) is 0. The zero-order chi connectivity index (χ0) is 16.6. The Kier molecular flexibility index (Phi) is 3.83. The van der Waals surface area contributed by atoms with Gasteiger partial charge in [-0.3, -0.25) is 4.79 Å². The lowest BCUT2D eigenvalue weighted by Gasteiger charge is -2.17. The summed E-state index contributed by atoms with van der Waals surface area (Å²) in [5, 5.41) is 12.5. The molecule has 1 aliphatic heterocycles. The minimum absolute atomic E-state index is 0.0170. The average molecular weight is 333 g/mol. The first-order valence-electron chi connectivity index (χ1n) is 6.78. The van der Waals surface area contributed by atoms with Gasteiger partial charge < -0.3 is 15.2 Å². The molecular weight excluding hydrogens is 320 g/mol. The van der Waals surface area contributed by atoms with Gasteiger partial charge >= 0.3 is 6.03 Å². The van der Waals surface area contributed by atoms with Gasteiger partial charge in [0.05, 0.1) is 12.8 Å². The zero-order valence-electron chi connectivity index (χ0n) is 12.1. The highest BCUT2D eigenvalue weighted by atomic mass is 35.5. The van der Waals surface area contributed by atoms with Crippen LogP contribution >= 0.6 is 11.6 Å². The Morgan fingerprint density at radius 1 is 1.22 bits per heavy atom. The van der Waals surface area contributed by atoms with Crippen LogP contribution in [0.2, 0.25) is 5.02 Å². The topological polar surface area (TPSA) is 78.9 Å². The quantitative estimate of drug-likeness (QED) is 0.847. The Morgan fingerprint density at radius 2 is 2.00 bits per heavy atom. The number of ether oxygens (including phenoxy) is 1. The van der Waals surface area contributed by atoms with Gasteiger partial charge in [-0.05, 0) is 35.9 Å². The zero-order valence-corrected chi connectivity index (χ0v) is 12.9. The average Bonchev–Trinajstić information content (AvgIpc) is 2.82. The van der Waals surface area contributed by atoms with Gasteiger partial charge in [-0.2, -0.15) is 0 Å². The van der Waals surface area contributed by atoms with Crippen molar-refractivity contribution in [1.29, 1.82) is 0 Å². The summed E-state index contributed by atoms with van der Waals surface area (Å²) in [4.78, 5) is 25.9. The van der Waals surface area contributed by atoms with Crippen molar-refractivity contribution in [1.82, 2.24) is 5.32 Å². The predicted octanol–water partition coefficient (Wildman–Crippen LogP) is 2.85. The van der Waals surface area contributed by atoms with Gasteiger partial charge in [0, 0.05) is 5.02 Å². The number of carbonyl (C=O) groups excluding carboxylic acids is 2. The molecule has 7 heteroatoms. The largest absolute Gasteiger partial charge is 0.508 e. The number of phenolic OH excluding ortho intramolecular Hbond substituents is 1. The van der Waals surface area contributed by atoms with E-state index < -0.39 is 18.0 Å². The molecule has 0 saturated carbocycles. The van der Waals surface area contributed by atoms with Crippen LogP contribution in [0, 0.1) is 0 Å². The van der Waals surface area contributed by atoms with E-state index in [0.717, 1.165) is 4.90 Å². The molecule has 3 amide bonds. The molecule has 3 rings (SSSR count). The van der Waals surface area contributed by atoms with Crippen molar-refractivity contribution >= 4 is 29.2 Å². The van der Waals surface area contributed by atoms with Gasteiger partial charge in [-0.15, -0.1) is 0 Å². The number of carbonyl (C=O) groups is 2. The summed E-state index contributed by atoms with van der Waals surface area (Å²) in [6, 6.07) is 9.40. The lowest BCUT2D eigenvalue weighted by molar-refractivity contribution is -0.118. The fourth-order valence-electron chi connectivity index (χ4n) is 2.48. The summed E-state index contributed by atoms with van der Waals surface area (Å²) >= 11 is 5.96. The Balaban J connectivity index is 2.01. The van der Waals surface area contributed by atoms with Crippen LogP contribution in [-0.4, -0.2) is 24.2 Å². The van der Waals surface area contributed by atoms with Crippen LogP contribution in [0.4, 0.5) is 10.5 Å². The van der Waals surface area contributed by atoms with E-state index in [4.69, 9.17) is 16.3 Å². The maximum Gasteiger partial charge on any atom is 0.329 e. The number of nitrogens with zero attached hydrogens (tertiary/aromatic N) is 1. The molecule has 1 fully saturated rings. The first-order chi connectivity index (χ1) is 11.0. The molecule has 2 N–H and O–H groups in total. The van der Waals surface area contributed by atoms with Gasteiger partial charge in [0.2, 0.25) is 0 Å². The minimum Gasteiger partial charge on any atom is -0.508 e. The van der Waals surface area contributed by atoms with Crippen molar-refractivity contribution < 1.29 is 19.4 Å². The molecule has 6 nitrogen and oxygen atoms in total. The summed E-state index contributed by atoms with van der Waals surface area (Å²) in [7, 11) is 1.44. The molecule has 0 aromatic heterocycles. The fourth-order valence-corrected chi connectivity index (χ4v) is 2.64. The van der Waals surface area contributed by atoms with E-state index >= 15 is 0 Å². The number of urea groups is 1. The van der Waals surface area contributed by atoms with Crippen LogP contribution in [0.15, 0.2) is 42.5 Å². The number of imide groups is 1. The summed E-state index contributed by atoms with van der Waals surface area (Å²) in [5.74, 6) is -0.0982. The number of anilines is 1. The first kappa shape index (κ1) is 15.2. The van der Waals surface area contributed by atoms with Crippen molar-refractivity contribution in [2.24, 2.45) is 0 Å². The maximum absolute atomic E-state index is 12.7. The number of amides is 3. The SMILES string of the molecule is COc1ccc(Cl)cc1N1C(=O)N[C@@H](c2cccc(O)c2)C1=O. The molecule has 0 spiro atoms. The van der Waals surface area contributed by atoms with E-state index in [9.17, 15) is 14.7 Å². The Bertz CT molecular complexity index is 793. The molecule has 0 radical (unpaired) electrons. The van der Waals surface area contributed by atoms with Gasteiger partial charge in [-0.1, -0.05) is 23.7 Å². The van der Waals surface area contributed by atoms with Crippen LogP contribution in [0.1, 0.15) is 11.6 Å². The standard InChI is InChI=1S/C16H13ClN2O4/c1-23-13-6-5-10(17)8-12(13)19-15(21)14(18-16(19)22)9-3-2-4-11(20)7-9/h2-8,14,20H,1H3,(H,18,22)/t14-/m0/s1. The Morgan fingerprint density at radius 3 is 2.70 bits per heavy atom. The monoisotopic (exact) mass is 332 g/mol. The number of nitrogens with one attached hydrogen (secondary N) is 1. The van der Waals surface area contributed by atoms with Crippen LogP contribution in [0.3, 0.4) is 0 Å². The summed E-state index contributed by atoms with van der Waals surface area (Å²) < 4.78 is 5.20. The normalized spacial score (nSPS) is 17.3. The lowest BCUT2D eigenvalue weighted by Crippen LogP contribution is -2.31. The second-order valence-corrected chi connectivity index (χ2v) is 5.40. The van der Waals surface area contributed by atoms with Gasteiger partial charge in [-0.25, -0.2) is 9.69 Å². The number of methoxy groups -OCH3 is 1. The highest BCUT2D eigenvalue weighted by molar-refractivity contribution is 6.31. The highest BCUT2D eigenvalue weighted by Crippen LogP contribution is 2.36. The van der Waals surface area contributed by atoms with Crippen molar-refractivity contribution in [2.45, 2.75) is 6.04 Å². The molecule has 1 atom stereocenters. The number of hydrogen-bond donors (Lipinski definition) is 2. The summed E-state index contributed by atoms with van der Waals surface area (Å²) in [5.41, 5.74) is 0.761. The maximum atomic E-state index is 12.7. The van der Waals surface area contributed by atoms with Gasteiger partial charge in [0.25, 0.3) is 5.91 Å². The molecule has 0 bridgehead atoms. The van der Waals surface area contributed by atoms with Crippen molar-refractivity contribution in [3.8, 4) is 11.5 Å². The first-order valence-corrected chi connectivity index (χ1v) is 7.16. The molecule has 0 aliphatic carbocycles. The van der Waals surface area contributed by atoms with Gasteiger partial charge in [0.1, 0.15) is 17.5 Å². The number of phenols is 1. The van der Waals surface area contributed by atoms with E-state index in [2.05, 4.69) is 5.32 Å². The number of hydrogen-bond acceptors (Lipinski definition) is 4. The molecule has 23 heavy (non-hydrogen) atoms. The van der Waals surface area contributed by atoms with E-state index in [1.807, 2.05) is 0 Å². The summed E-state index contributed by atoms with van der Waals surface area (Å²) in [6.07, 6.45) is 0. The predicted molar refractivity (Wildman–Crippen MR) is 84.9 cm³/mol. The molecule has 118 valence electrons. The molecular formula is C16H13ClN2O4. The minimum atomic E-state index is -0.877. The van der Waals surface area contributed by atoms with Crippen LogP contribution in [0.25, 0.3) is 0 Å². The smallest absolute Gasteiger partial charge is 0.329 e. The number of aromatic hydroxyl groups is 1. The van der Waals surface area contributed by atoms with E-state index in [1.54, 1.807) is 24.3 Å². The Labute approximate surface area is 137 Å². The lowest BCUT2D eigenvalue weighted by atomic mass is 10.1. The van der Waals surface area contributed by atoms with E-state index in [1.165, 1.54) is 25.3 Å². The second kappa shape index (κ2) is 5.81. The van der Waals surface area contributed by atoms with Crippen molar-refractivity contribution in [3.63, 3.8) is 0 Å². The van der Waals surface area contributed by atoms with Crippen LogP contribution in [-0.2, 0) is 4.79 Å².